The van der Waals surface area contributed by atoms with Gasteiger partial charge < -0.3 is 19.9 Å². The first-order chi connectivity index (χ1) is 9.67. The van der Waals surface area contributed by atoms with E-state index in [1.807, 2.05) is 7.05 Å². The molecule has 1 aromatic rings. The third-order valence-corrected chi connectivity index (χ3v) is 3.21. The van der Waals surface area contributed by atoms with Crippen LogP contribution in [0.3, 0.4) is 0 Å². The van der Waals surface area contributed by atoms with Gasteiger partial charge in [0.15, 0.2) is 5.82 Å². The minimum absolute atomic E-state index is 0.0463. The first-order valence-electron chi connectivity index (χ1n) is 6.89. The summed E-state index contributed by atoms with van der Waals surface area (Å²) in [5, 5.41) is 9.57. The highest BCUT2D eigenvalue weighted by atomic mass is 16.5. The van der Waals surface area contributed by atoms with Crippen molar-refractivity contribution >= 4 is 11.7 Å². The summed E-state index contributed by atoms with van der Waals surface area (Å²) < 4.78 is 10.5. The monoisotopic (exact) mass is 282 g/mol. The number of hydrogen-bond acceptors (Lipinski definition) is 6. The molecule has 20 heavy (non-hydrogen) atoms. The zero-order valence-electron chi connectivity index (χ0n) is 12.0. The Morgan fingerprint density at radius 2 is 2.45 bits per heavy atom. The van der Waals surface area contributed by atoms with Crippen molar-refractivity contribution in [2.45, 2.75) is 19.4 Å². The van der Waals surface area contributed by atoms with Gasteiger partial charge in [0, 0.05) is 38.7 Å². The minimum Gasteiger partial charge on any atom is -0.374 e. The summed E-state index contributed by atoms with van der Waals surface area (Å²) in [6, 6.07) is 1.70. The fourth-order valence-electron chi connectivity index (χ4n) is 2.23. The summed E-state index contributed by atoms with van der Waals surface area (Å²) in [7, 11) is 1.91. The highest BCUT2D eigenvalue weighted by Crippen LogP contribution is 2.08. The second-order valence-corrected chi connectivity index (χ2v) is 4.97. The predicted octanol–water partition coefficient (Wildman–Crippen LogP) is 0.232. The molecule has 112 valence electrons. The largest absolute Gasteiger partial charge is 0.374 e. The van der Waals surface area contributed by atoms with Crippen LogP contribution in [0.5, 0.6) is 0 Å². The molecule has 1 saturated heterocycles. The summed E-state index contributed by atoms with van der Waals surface area (Å²) in [5.41, 5.74) is 0. The number of ether oxygens (including phenoxy) is 1. The molecule has 2 rings (SSSR count). The van der Waals surface area contributed by atoms with Gasteiger partial charge in [0.05, 0.1) is 12.7 Å². The third kappa shape index (κ3) is 4.59. The molecule has 1 fully saturated rings. The highest BCUT2D eigenvalue weighted by molar-refractivity contribution is 5.89. The number of aryl methyl sites for hydroxylation is 1. The van der Waals surface area contributed by atoms with Crippen LogP contribution in [-0.4, -0.2) is 61.9 Å². The van der Waals surface area contributed by atoms with E-state index in [4.69, 9.17) is 9.26 Å². The number of hydrogen-bond donors (Lipinski definition) is 2. The molecule has 0 radical (unpaired) electrons. The van der Waals surface area contributed by atoms with Crippen LogP contribution in [0, 0.1) is 6.92 Å². The van der Waals surface area contributed by atoms with Gasteiger partial charge in [-0.25, -0.2) is 0 Å². The Bertz CT molecular complexity index is 433. The van der Waals surface area contributed by atoms with Gasteiger partial charge in [-0.15, -0.1) is 0 Å². The van der Waals surface area contributed by atoms with E-state index in [1.165, 1.54) is 0 Å². The van der Waals surface area contributed by atoms with Crippen molar-refractivity contribution in [2.24, 2.45) is 0 Å². The Morgan fingerprint density at radius 3 is 3.15 bits per heavy atom. The van der Waals surface area contributed by atoms with Crippen molar-refractivity contribution < 1.29 is 14.1 Å². The lowest BCUT2D eigenvalue weighted by Crippen LogP contribution is -2.46. The van der Waals surface area contributed by atoms with Crippen molar-refractivity contribution in [1.82, 2.24) is 15.4 Å². The number of carbonyl (C=O) groups excluding carboxylic acids is 1. The topological polar surface area (TPSA) is 79.6 Å². The van der Waals surface area contributed by atoms with E-state index < -0.39 is 0 Å². The maximum Gasteiger partial charge on any atom is 0.226 e. The maximum absolute atomic E-state index is 11.8. The maximum atomic E-state index is 11.8. The minimum atomic E-state index is -0.0463. The lowest BCUT2D eigenvalue weighted by Gasteiger charge is -2.32. The number of carbonyl (C=O) groups is 1. The molecule has 2 N–H and O–H groups in total. The molecule has 0 spiro atoms. The van der Waals surface area contributed by atoms with E-state index in [0.29, 0.717) is 18.0 Å². The van der Waals surface area contributed by atoms with Crippen LogP contribution in [0.25, 0.3) is 0 Å². The fourth-order valence-corrected chi connectivity index (χ4v) is 2.23. The normalized spacial score (nSPS) is 20.0. The van der Waals surface area contributed by atoms with Gasteiger partial charge in [-0.05, 0) is 14.0 Å². The van der Waals surface area contributed by atoms with Crippen molar-refractivity contribution in [3.63, 3.8) is 0 Å². The van der Waals surface area contributed by atoms with E-state index in [1.54, 1.807) is 13.0 Å². The van der Waals surface area contributed by atoms with Crippen molar-refractivity contribution in [3.8, 4) is 0 Å². The molecule has 1 atom stereocenters. The molecule has 1 unspecified atom stereocenters. The second kappa shape index (κ2) is 7.37. The Kier molecular flexibility index (Phi) is 5.51. The SMILES string of the molecule is CNCC1CN(CCC(=O)Nc2cc(C)on2)CCO1. The van der Waals surface area contributed by atoms with E-state index in [2.05, 4.69) is 20.7 Å². The van der Waals surface area contributed by atoms with E-state index in [0.717, 1.165) is 32.8 Å². The average Bonchev–Trinajstić information content (AvgIpc) is 2.83. The van der Waals surface area contributed by atoms with Gasteiger partial charge in [0.1, 0.15) is 5.76 Å². The molecular weight excluding hydrogens is 260 g/mol. The van der Waals surface area contributed by atoms with Gasteiger partial charge in [0.2, 0.25) is 5.91 Å². The molecule has 0 aromatic carbocycles. The third-order valence-electron chi connectivity index (χ3n) is 3.21. The van der Waals surface area contributed by atoms with E-state index in [9.17, 15) is 4.79 Å². The van der Waals surface area contributed by atoms with Gasteiger partial charge in [-0.3, -0.25) is 9.69 Å². The van der Waals surface area contributed by atoms with Crippen LogP contribution in [0.1, 0.15) is 12.2 Å². The number of morpholine rings is 1. The highest BCUT2D eigenvalue weighted by Gasteiger charge is 2.20. The molecule has 1 amide bonds. The molecule has 0 saturated carbocycles. The van der Waals surface area contributed by atoms with Crippen LogP contribution >= 0.6 is 0 Å². The van der Waals surface area contributed by atoms with Crippen LogP contribution < -0.4 is 10.6 Å². The summed E-state index contributed by atoms with van der Waals surface area (Å²) in [6.07, 6.45) is 0.646. The number of likely N-dealkylation sites (N-methyl/N-ethyl adjacent to an activating group) is 1. The van der Waals surface area contributed by atoms with Crippen LogP contribution in [0.4, 0.5) is 5.82 Å². The predicted molar refractivity (Wildman–Crippen MR) is 74.6 cm³/mol. The average molecular weight is 282 g/mol. The molecule has 2 heterocycles. The first-order valence-corrected chi connectivity index (χ1v) is 6.89. The molecule has 1 aliphatic heterocycles. The lowest BCUT2D eigenvalue weighted by atomic mass is 10.2. The Hall–Kier alpha value is -1.44. The Balaban J connectivity index is 1.70. The van der Waals surface area contributed by atoms with Gasteiger partial charge in [-0.2, -0.15) is 0 Å². The van der Waals surface area contributed by atoms with Crippen LogP contribution in [0.2, 0.25) is 0 Å². The second-order valence-electron chi connectivity index (χ2n) is 4.97. The Morgan fingerprint density at radius 1 is 1.60 bits per heavy atom. The molecule has 7 heteroatoms. The summed E-state index contributed by atoms with van der Waals surface area (Å²) >= 11 is 0. The van der Waals surface area contributed by atoms with E-state index >= 15 is 0 Å². The van der Waals surface area contributed by atoms with Gasteiger partial charge in [0.25, 0.3) is 0 Å². The first kappa shape index (κ1) is 15.0. The number of nitrogens with one attached hydrogen (secondary N) is 2. The number of amides is 1. The summed E-state index contributed by atoms with van der Waals surface area (Å²) in [6.45, 7) is 5.80. The molecule has 0 bridgehead atoms. The smallest absolute Gasteiger partial charge is 0.226 e. The van der Waals surface area contributed by atoms with Crippen molar-refractivity contribution in [2.75, 3.05) is 45.2 Å². The van der Waals surface area contributed by atoms with Crippen molar-refractivity contribution in [1.29, 1.82) is 0 Å². The number of rotatable bonds is 6. The Labute approximate surface area is 118 Å². The van der Waals surface area contributed by atoms with Crippen LogP contribution in [-0.2, 0) is 9.53 Å². The molecule has 1 aromatic heterocycles. The quantitative estimate of drug-likeness (QED) is 0.777. The lowest BCUT2D eigenvalue weighted by molar-refractivity contribution is -0.117. The van der Waals surface area contributed by atoms with Crippen LogP contribution in [0.15, 0.2) is 10.6 Å². The number of aromatic nitrogens is 1. The molecule has 0 aliphatic carbocycles. The standard InChI is InChI=1S/C13H22N4O3/c1-10-7-12(16-20-10)15-13(18)3-4-17-5-6-19-11(9-17)8-14-2/h7,11,14H,3-6,8-9H2,1-2H3,(H,15,16,18). The van der Waals surface area contributed by atoms with E-state index in [-0.39, 0.29) is 12.0 Å². The van der Waals surface area contributed by atoms with Gasteiger partial charge in [-0.1, -0.05) is 5.16 Å². The fraction of sp³-hybridized carbons (Fsp3) is 0.692. The number of anilines is 1. The van der Waals surface area contributed by atoms with Crippen molar-refractivity contribution in [3.05, 3.63) is 11.8 Å². The zero-order valence-corrected chi connectivity index (χ0v) is 12.0. The molecule has 7 nitrogen and oxygen atoms in total. The van der Waals surface area contributed by atoms with Gasteiger partial charge >= 0.3 is 0 Å². The molecular formula is C13H22N4O3. The number of nitrogens with zero attached hydrogens (tertiary/aromatic N) is 2. The summed E-state index contributed by atoms with van der Waals surface area (Å²) in [4.78, 5) is 14.1. The summed E-state index contributed by atoms with van der Waals surface area (Å²) in [5.74, 6) is 1.11. The zero-order chi connectivity index (χ0) is 14.4. The molecule has 1 aliphatic rings.